The number of benzene rings is 5. The summed E-state index contributed by atoms with van der Waals surface area (Å²) in [4.78, 5) is 0. The lowest BCUT2D eigenvalue weighted by molar-refractivity contribution is 1.25. The van der Waals surface area contributed by atoms with Crippen LogP contribution in [0.3, 0.4) is 0 Å². The molecule has 43 heavy (non-hydrogen) atoms. The number of para-hydroxylation sites is 3. The fraction of sp³-hybridized carbons (Fsp3) is 0.189. The van der Waals surface area contributed by atoms with E-state index in [-0.39, 0.29) is 20.9 Å². The third-order valence-corrected chi connectivity index (χ3v) is 9.01. The van der Waals surface area contributed by atoms with E-state index in [1.54, 1.807) is 0 Å². The van der Waals surface area contributed by atoms with Gasteiger partial charge in [-0.15, -0.1) is 0 Å². The van der Waals surface area contributed by atoms with Gasteiger partial charge in [0.15, 0.2) is 0 Å². The van der Waals surface area contributed by atoms with Crippen LogP contribution >= 0.6 is 0 Å². The summed E-state index contributed by atoms with van der Waals surface area (Å²) >= 11 is 0. The maximum Gasteiger partial charge on any atom is 0.389 e. The lowest BCUT2D eigenvalue weighted by Gasteiger charge is -2.57. The SMILES string of the molecule is CB1N(c2ccccc2)B(c2c(C)cc(C)cc2C)N(c2ccccc2)B(c2c(C)cc(C)cc2C)N1c1ccccc1. The van der Waals surface area contributed by atoms with Crippen LogP contribution in [0.4, 0.5) is 17.1 Å². The maximum absolute atomic E-state index is 2.68. The molecule has 0 amide bonds. The molecule has 1 aliphatic rings. The predicted octanol–water partition coefficient (Wildman–Crippen LogP) is 7.28. The molecule has 0 atom stereocenters. The van der Waals surface area contributed by atoms with E-state index in [4.69, 9.17) is 0 Å². The minimum absolute atomic E-state index is 0.0416. The highest BCUT2D eigenvalue weighted by Gasteiger charge is 2.54. The van der Waals surface area contributed by atoms with Gasteiger partial charge in [-0.25, -0.2) is 0 Å². The van der Waals surface area contributed by atoms with E-state index >= 15 is 0 Å². The summed E-state index contributed by atoms with van der Waals surface area (Å²) in [6.07, 6.45) is 0. The van der Waals surface area contributed by atoms with Crippen molar-refractivity contribution in [2.24, 2.45) is 0 Å². The topological polar surface area (TPSA) is 9.72 Å². The van der Waals surface area contributed by atoms with Crippen molar-refractivity contribution in [3.8, 4) is 0 Å². The molecule has 0 aromatic heterocycles. The first-order chi connectivity index (χ1) is 20.8. The summed E-state index contributed by atoms with van der Waals surface area (Å²) in [6, 6.07) is 42.3. The molecular formula is C37H40B3N3. The largest absolute Gasteiger partial charge is 0.421 e. The molecule has 1 saturated heterocycles. The average molecular weight is 559 g/mol. The zero-order valence-corrected chi connectivity index (χ0v) is 26.5. The van der Waals surface area contributed by atoms with Crippen LogP contribution in [0.1, 0.15) is 33.4 Å². The minimum Gasteiger partial charge on any atom is -0.421 e. The van der Waals surface area contributed by atoms with Gasteiger partial charge in [0.1, 0.15) is 0 Å². The van der Waals surface area contributed by atoms with Crippen LogP contribution in [-0.4, -0.2) is 20.9 Å². The molecule has 6 heteroatoms. The zero-order valence-electron chi connectivity index (χ0n) is 26.5. The van der Waals surface area contributed by atoms with Crippen LogP contribution in [0.2, 0.25) is 6.82 Å². The summed E-state index contributed by atoms with van der Waals surface area (Å²) < 4.78 is 7.93. The van der Waals surface area contributed by atoms with Crippen molar-refractivity contribution in [2.75, 3.05) is 14.2 Å². The molecule has 212 valence electrons. The average Bonchev–Trinajstić information content (AvgIpc) is 2.98. The smallest absolute Gasteiger partial charge is 0.389 e. The molecule has 0 unspecified atom stereocenters. The van der Waals surface area contributed by atoms with Gasteiger partial charge in [0.05, 0.1) is 0 Å². The van der Waals surface area contributed by atoms with Crippen molar-refractivity contribution in [1.82, 2.24) is 0 Å². The predicted molar refractivity (Wildman–Crippen MR) is 190 cm³/mol. The molecule has 0 bridgehead atoms. The van der Waals surface area contributed by atoms with Gasteiger partial charge >= 0.3 is 20.9 Å². The van der Waals surface area contributed by atoms with Gasteiger partial charge in [0.2, 0.25) is 0 Å². The van der Waals surface area contributed by atoms with Gasteiger partial charge < -0.3 is 14.2 Å². The summed E-state index contributed by atoms with van der Waals surface area (Å²) in [5, 5.41) is 0. The van der Waals surface area contributed by atoms with Gasteiger partial charge in [-0.2, -0.15) is 0 Å². The van der Waals surface area contributed by atoms with E-state index in [0.29, 0.717) is 0 Å². The highest BCUT2D eigenvalue weighted by Crippen LogP contribution is 2.34. The van der Waals surface area contributed by atoms with Crippen LogP contribution in [-0.2, 0) is 0 Å². The Kier molecular flexibility index (Phi) is 7.88. The Morgan fingerprint density at radius 2 is 0.674 bits per heavy atom. The van der Waals surface area contributed by atoms with Gasteiger partial charge in [0, 0.05) is 17.1 Å². The second-order valence-electron chi connectivity index (χ2n) is 12.2. The van der Waals surface area contributed by atoms with Crippen molar-refractivity contribution in [2.45, 2.75) is 48.4 Å². The first-order valence-electron chi connectivity index (χ1n) is 15.4. The Balaban J connectivity index is 1.74. The summed E-state index contributed by atoms with van der Waals surface area (Å²) in [6.45, 7) is 15.9. The molecule has 0 aliphatic carbocycles. The second-order valence-corrected chi connectivity index (χ2v) is 12.2. The van der Waals surface area contributed by atoms with Gasteiger partial charge in [-0.05, 0) is 95.7 Å². The summed E-state index contributed by atoms with van der Waals surface area (Å²) in [7, 11) is 0. The second kappa shape index (κ2) is 11.8. The fourth-order valence-electron chi connectivity index (χ4n) is 7.49. The van der Waals surface area contributed by atoms with Crippen LogP contribution in [0.25, 0.3) is 0 Å². The van der Waals surface area contributed by atoms with E-state index in [0.717, 1.165) is 0 Å². The molecule has 3 nitrogen and oxygen atoms in total. The summed E-state index contributed by atoms with van der Waals surface area (Å²) in [5.74, 6) is 0. The van der Waals surface area contributed by atoms with Crippen molar-refractivity contribution >= 4 is 48.9 Å². The standard InChI is InChI=1S/C37H40B3N3/c1-27-23-29(3)36(30(4)24-27)39-41(33-17-11-8-12-18-33)38(7)42(34-19-13-9-14-20-34)40(43(39)35-21-15-10-16-22-35)37-31(5)25-28(2)26-32(37)6/h8-26H,1-7H3. The molecule has 0 saturated carbocycles. The number of anilines is 3. The van der Waals surface area contributed by atoms with E-state index in [2.05, 4.69) is 178 Å². The monoisotopic (exact) mass is 559 g/mol. The molecule has 1 aliphatic heterocycles. The Hall–Kier alpha value is -4.31. The van der Waals surface area contributed by atoms with Crippen molar-refractivity contribution < 1.29 is 0 Å². The van der Waals surface area contributed by atoms with Crippen LogP contribution in [0.5, 0.6) is 0 Å². The molecular weight excluding hydrogens is 519 g/mol. The van der Waals surface area contributed by atoms with Gasteiger partial charge in [-0.3, -0.25) is 0 Å². The van der Waals surface area contributed by atoms with Gasteiger partial charge in [0.25, 0.3) is 0 Å². The summed E-state index contributed by atoms with van der Waals surface area (Å²) in [5.41, 5.74) is 14.2. The van der Waals surface area contributed by atoms with E-state index in [9.17, 15) is 0 Å². The molecule has 0 spiro atoms. The molecule has 5 aromatic carbocycles. The molecule has 0 radical (unpaired) electrons. The van der Waals surface area contributed by atoms with Crippen LogP contribution in [0.15, 0.2) is 115 Å². The number of rotatable bonds is 5. The number of hydrogen-bond donors (Lipinski definition) is 0. The zero-order chi connectivity index (χ0) is 30.2. The van der Waals surface area contributed by atoms with E-state index in [1.165, 1.54) is 61.4 Å². The maximum atomic E-state index is 2.68. The Bertz CT molecular complexity index is 1570. The molecule has 5 aromatic rings. The fourth-order valence-corrected chi connectivity index (χ4v) is 7.49. The lowest BCUT2D eigenvalue weighted by atomic mass is 9.38. The Morgan fingerprint density at radius 1 is 0.395 bits per heavy atom. The molecule has 1 fully saturated rings. The van der Waals surface area contributed by atoms with Crippen LogP contribution in [0, 0.1) is 41.5 Å². The van der Waals surface area contributed by atoms with E-state index < -0.39 is 0 Å². The highest BCUT2D eigenvalue weighted by molar-refractivity contribution is 7.12. The Morgan fingerprint density at radius 3 is 0.977 bits per heavy atom. The van der Waals surface area contributed by atoms with Crippen LogP contribution < -0.4 is 25.1 Å². The third kappa shape index (κ3) is 5.24. The number of aryl methyl sites for hydroxylation is 6. The van der Waals surface area contributed by atoms with Gasteiger partial charge in [-0.1, -0.05) is 112 Å². The minimum atomic E-state index is -0.0505. The number of nitrogens with zero attached hydrogens (tertiary/aromatic N) is 3. The number of hydrogen-bond acceptors (Lipinski definition) is 3. The highest BCUT2D eigenvalue weighted by atomic mass is 15.3. The normalized spacial score (nSPS) is 13.7. The first-order valence-corrected chi connectivity index (χ1v) is 15.4. The third-order valence-electron chi connectivity index (χ3n) is 9.01. The van der Waals surface area contributed by atoms with Crippen molar-refractivity contribution in [3.63, 3.8) is 0 Å². The molecule has 1 heterocycles. The van der Waals surface area contributed by atoms with Crippen molar-refractivity contribution in [3.05, 3.63) is 149 Å². The first kappa shape index (κ1) is 28.8. The quantitative estimate of drug-likeness (QED) is 0.210. The molecule has 6 rings (SSSR count). The van der Waals surface area contributed by atoms with E-state index in [1.807, 2.05) is 0 Å². The molecule has 0 N–H and O–H groups in total. The lowest BCUT2D eigenvalue weighted by Crippen LogP contribution is -2.84. The Labute approximate surface area is 259 Å². The van der Waals surface area contributed by atoms with Crippen molar-refractivity contribution in [1.29, 1.82) is 0 Å².